The molecule has 0 amide bonds. The summed E-state index contributed by atoms with van der Waals surface area (Å²) in [5.41, 5.74) is -1.63. The maximum Gasteiger partial charge on any atom is 0.341 e. The van der Waals surface area contributed by atoms with Crippen LogP contribution in [0, 0.1) is 5.82 Å². The fourth-order valence-electron chi connectivity index (χ4n) is 2.70. The Morgan fingerprint density at radius 2 is 2.15 bits per heavy atom. The zero-order valence-electron chi connectivity index (χ0n) is 11.8. The summed E-state index contributed by atoms with van der Waals surface area (Å²) in [4.78, 5) is 12.2. The van der Waals surface area contributed by atoms with E-state index in [1.165, 1.54) is 6.07 Å². The first-order chi connectivity index (χ1) is 9.41. The van der Waals surface area contributed by atoms with Crippen LogP contribution in [0.3, 0.4) is 0 Å². The molecule has 3 nitrogen and oxygen atoms in total. The minimum absolute atomic E-state index is 0.284. The number of epoxide rings is 1. The zero-order valence-corrected chi connectivity index (χ0v) is 13.4. The number of esters is 1. The van der Waals surface area contributed by atoms with Gasteiger partial charge in [-0.2, -0.15) is 0 Å². The fourth-order valence-corrected chi connectivity index (χ4v) is 3.03. The molecule has 1 aromatic rings. The average molecular weight is 345 g/mol. The van der Waals surface area contributed by atoms with E-state index in [0.717, 1.165) is 6.42 Å². The largest absolute Gasteiger partial charge is 0.464 e. The van der Waals surface area contributed by atoms with Gasteiger partial charge in [-0.3, -0.25) is 0 Å². The van der Waals surface area contributed by atoms with Gasteiger partial charge >= 0.3 is 5.97 Å². The first kappa shape index (κ1) is 15.4. The van der Waals surface area contributed by atoms with Gasteiger partial charge in [-0.25, -0.2) is 9.18 Å². The minimum Gasteiger partial charge on any atom is -0.464 e. The van der Waals surface area contributed by atoms with Gasteiger partial charge in [0.2, 0.25) is 0 Å². The molecule has 0 saturated carbocycles. The van der Waals surface area contributed by atoms with Crippen molar-refractivity contribution in [3.05, 3.63) is 34.1 Å². The maximum absolute atomic E-state index is 14.2. The van der Waals surface area contributed by atoms with Crippen LogP contribution >= 0.6 is 15.9 Å². The van der Waals surface area contributed by atoms with Crippen molar-refractivity contribution >= 4 is 21.9 Å². The van der Waals surface area contributed by atoms with E-state index in [1.807, 2.05) is 6.92 Å². The van der Waals surface area contributed by atoms with Gasteiger partial charge in [-0.1, -0.05) is 35.3 Å². The van der Waals surface area contributed by atoms with E-state index in [0.29, 0.717) is 16.5 Å². The Kier molecular flexibility index (Phi) is 4.21. The van der Waals surface area contributed by atoms with Gasteiger partial charge in [0.05, 0.1) is 6.61 Å². The number of carbonyl (C=O) groups is 1. The summed E-state index contributed by atoms with van der Waals surface area (Å²) in [6.07, 6.45) is 1.27. The highest BCUT2D eigenvalue weighted by Gasteiger charge is 2.73. The molecule has 0 aromatic heterocycles. The fraction of sp³-hybridized carbons (Fsp3) is 0.533. The molecule has 0 N–H and O–H groups in total. The van der Waals surface area contributed by atoms with E-state index in [9.17, 15) is 9.18 Å². The van der Waals surface area contributed by atoms with E-state index in [2.05, 4.69) is 15.9 Å². The van der Waals surface area contributed by atoms with Gasteiger partial charge in [0.1, 0.15) is 11.4 Å². The van der Waals surface area contributed by atoms with Gasteiger partial charge in [-0.15, -0.1) is 0 Å². The Morgan fingerprint density at radius 3 is 2.70 bits per heavy atom. The molecular formula is C15H18BrFO3. The van der Waals surface area contributed by atoms with Gasteiger partial charge in [-0.05, 0) is 32.4 Å². The van der Waals surface area contributed by atoms with E-state index in [1.54, 1.807) is 26.0 Å². The lowest BCUT2D eigenvalue weighted by Gasteiger charge is -2.16. The monoisotopic (exact) mass is 344 g/mol. The summed E-state index contributed by atoms with van der Waals surface area (Å²) >= 11 is 3.22. The summed E-state index contributed by atoms with van der Waals surface area (Å²) in [7, 11) is 0. The number of benzene rings is 1. The molecule has 0 radical (unpaired) electrons. The van der Waals surface area contributed by atoms with Gasteiger partial charge in [0, 0.05) is 10.0 Å². The van der Waals surface area contributed by atoms with Crippen LogP contribution in [0.1, 0.15) is 39.2 Å². The molecule has 1 fully saturated rings. The second kappa shape index (κ2) is 5.45. The molecule has 2 atom stereocenters. The third-order valence-corrected chi connectivity index (χ3v) is 4.25. The molecule has 0 aliphatic carbocycles. The Labute approximate surface area is 126 Å². The maximum atomic E-state index is 14.2. The zero-order chi connectivity index (χ0) is 15.0. The molecule has 20 heavy (non-hydrogen) atoms. The van der Waals surface area contributed by atoms with Crippen LogP contribution in [0.25, 0.3) is 0 Å². The van der Waals surface area contributed by atoms with Crippen LogP contribution in [-0.2, 0) is 19.9 Å². The molecule has 2 rings (SSSR count). The SMILES string of the molecule is CCCC1(C(=O)OCC)OC1(C)c1ccc(Br)cc1F. The first-order valence-corrected chi connectivity index (χ1v) is 7.53. The van der Waals surface area contributed by atoms with E-state index < -0.39 is 17.2 Å². The highest BCUT2D eigenvalue weighted by Crippen LogP contribution is 2.59. The smallest absolute Gasteiger partial charge is 0.341 e. The van der Waals surface area contributed by atoms with Crippen LogP contribution in [0.2, 0.25) is 0 Å². The minimum atomic E-state index is -1.06. The first-order valence-electron chi connectivity index (χ1n) is 6.74. The second-order valence-electron chi connectivity index (χ2n) is 5.06. The lowest BCUT2D eigenvalue weighted by atomic mass is 9.84. The third kappa shape index (κ3) is 2.27. The van der Waals surface area contributed by atoms with E-state index in [4.69, 9.17) is 9.47 Å². The van der Waals surface area contributed by atoms with E-state index in [-0.39, 0.29) is 12.4 Å². The number of rotatable bonds is 5. The Balaban J connectivity index is 2.38. The van der Waals surface area contributed by atoms with Crippen molar-refractivity contribution in [3.8, 4) is 0 Å². The van der Waals surface area contributed by atoms with Crippen molar-refractivity contribution in [1.82, 2.24) is 0 Å². The van der Waals surface area contributed by atoms with Crippen LogP contribution in [0.5, 0.6) is 0 Å². The predicted octanol–water partition coefficient (Wildman–Crippen LogP) is 3.94. The quantitative estimate of drug-likeness (QED) is 0.599. The highest BCUT2D eigenvalue weighted by atomic mass is 79.9. The van der Waals surface area contributed by atoms with Crippen LogP contribution in [0.15, 0.2) is 22.7 Å². The lowest BCUT2D eigenvalue weighted by Crippen LogP contribution is -2.33. The van der Waals surface area contributed by atoms with Gasteiger partial charge in [0.25, 0.3) is 0 Å². The number of halogens is 2. The molecular weight excluding hydrogens is 327 g/mol. The third-order valence-electron chi connectivity index (χ3n) is 3.76. The van der Waals surface area contributed by atoms with Gasteiger partial charge in [0.15, 0.2) is 5.60 Å². The molecule has 110 valence electrons. The van der Waals surface area contributed by atoms with Crippen molar-refractivity contribution in [2.45, 2.75) is 44.8 Å². The van der Waals surface area contributed by atoms with E-state index >= 15 is 0 Å². The summed E-state index contributed by atoms with van der Waals surface area (Å²) < 4.78 is 25.6. The standard InChI is InChI=1S/C15H18BrFO3/c1-4-8-15(13(18)19-5-2)14(3,20-15)11-7-6-10(16)9-12(11)17/h6-7,9H,4-5,8H2,1-3H3. The van der Waals surface area contributed by atoms with Crippen molar-refractivity contribution in [1.29, 1.82) is 0 Å². The highest BCUT2D eigenvalue weighted by molar-refractivity contribution is 9.10. The molecule has 1 aliphatic heterocycles. The molecule has 1 heterocycles. The number of carbonyl (C=O) groups excluding carboxylic acids is 1. The number of hydrogen-bond acceptors (Lipinski definition) is 3. The molecule has 0 bridgehead atoms. The second-order valence-corrected chi connectivity index (χ2v) is 5.97. The molecule has 2 unspecified atom stereocenters. The molecule has 1 aliphatic rings. The Bertz CT molecular complexity index is 534. The Morgan fingerprint density at radius 1 is 1.45 bits per heavy atom. The molecule has 1 saturated heterocycles. The Hall–Kier alpha value is -0.940. The van der Waals surface area contributed by atoms with Crippen molar-refractivity contribution in [2.75, 3.05) is 6.61 Å². The lowest BCUT2D eigenvalue weighted by molar-refractivity contribution is -0.149. The van der Waals surface area contributed by atoms with Crippen molar-refractivity contribution in [3.63, 3.8) is 0 Å². The predicted molar refractivity (Wildman–Crippen MR) is 76.8 cm³/mol. The number of ether oxygens (including phenoxy) is 2. The topological polar surface area (TPSA) is 38.8 Å². The molecule has 0 spiro atoms. The summed E-state index contributed by atoms with van der Waals surface area (Å²) in [6.45, 7) is 5.73. The number of hydrogen-bond donors (Lipinski definition) is 0. The van der Waals surface area contributed by atoms with Crippen LogP contribution in [-0.4, -0.2) is 18.2 Å². The van der Waals surface area contributed by atoms with Gasteiger partial charge < -0.3 is 9.47 Å². The van der Waals surface area contributed by atoms with Crippen LogP contribution < -0.4 is 0 Å². The molecule has 1 aromatic carbocycles. The molecule has 5 heteroatoms. The normalized spacial score (nSPS) is 28.2. The van der Waals surface area contributed by atoms with Crippen molar-refractivity contribution in [2.24, 2.45) is 0 Å². The van der Waals surface area contributed by atoms with Crippen LogP contribution in [0.4, 0.5) is 4.39 Å². The summed E-state index contributed by atoms with van der Waals surface area (Å²) in [5, 5.41) is 0. The summed E-state index contributed by atoms with van der Waals surface area (Å²) in [5.74, 6) is -0.796. The average Bonchev–Trinajstić information content (AvgIpc) is 2.97. The summed E-state index contributed by atoms with van der Waals surface area (Å²) in [6, 6.07) is 4.77. The van der Waals surface area contributed by atoms with Crippen molar-refractivity contribution < 1.29 is 18.7 Å².